The Labute approximate surface area is 192 Å². The van der Waals surface area contributed by atoms with E-state index < -0.39 is 0 Å². The van der Waals surface area contributed by atoms with Gasteiger partial charge in [0.15, 0.2) is 0 Å². The van der Waals surface area contributed by atoms with Crippen LogP contribution < -0.4 is 5.32 Å². The smallest absolute Gasteiger partial charge is 0.129 e. The van der Waals surface area contributed by atoms with Crippen LogP contribution in [0.15, 0.2) is 66.8 Å². The molecule has 6 nitrogen and oxygen atoms in total. The molecule has 0 amide bonds. The first kappa shape index (κ1) is 20.5. The summed E-state index contributed by atoms with van der Waals surface area (Å²) < 4.78 is 2.27. The third-order valence-corrected chi connectivity index (χ3v) is 6.81. The van der Waals surface area contributed by atoms with Crippen LogP contribution in [-0.2, 0) is 26.1 Å². The lowest BCUT2D eigenvalue weighted by Gasteiger charge is -2.31. The standard InChI is InChI=1S/C25H26N6S/c1-17-7-6-11-26-21(17)13-27-19(3)22-16-32-25(29-22)10-12-30-15-24-28-20-8-4-5-9-23(20)31(24)14-18(30)2/h4-9,11,16,27H,2-3,10,12-15H2,1H3. The minimum atomic E-state index is 0.646. The summed E-state index contributed by atoms with van der Waals surface area (Å²) in [6.07, 6.45) is 2.69. The van der Waals surface area contributed by atoms with Crippen LogP contribution >= 0.6 is 11.3 Å². The number of aromatic nitrogens is 4. The molecule has 1 aliphatic rings. The number of aryl methyl sites for hydroxylation is 1. The van der Waals surface area contributed by atoms with Gasteiger partial charge in [0.05, 0.1) is 52.8 Å². The van der Waals surface area contributed by atoms with E-state index in [4.69, 9.17) is 9.97 Å². The number of thiazole rings is 1. The van der Waals surface area contributed by atoms with Gasteiger partial charge in [-0.05, 0) is 30.7 Å². The number of para-hydroxylation sites is 2. The quantitative estimate of drug-likeness (QED) is 0.456. The number of imidazole rings is 1. The molecule has 32 heavy (non-hydrogen) atoms. The maximum atomic E-state index is 4.81. The summed E-state index contributed by atoms with van der Waals surface area (Å²) in [5.74, 6) is 1.10. The fraction of sp³-hybridized carbons (Fsp3) is 0.240. The van der Waals surface area contributed by atoms with Crippen LogP contribution in [0.2, 0.25) is 0 Å². The first-order chi connectivity index (χ1) is 15.6. The van der Waals surface area contributed by atoms with Gasteiger partial charge >= 0.3 is 0 Å². The highest BCUT2D eigenvalue weighted by atomic mass is 32.1. The molecule has 1 aromatic carbocycles. The predicted molar refractivity (Wildman–Crippen MR) is 130 cm³/mol. The van der Waals surface area contributed by atoms with Crippen LogP contribution in [-0.4, -0.2) is 31.0 Å². The third kappa shape index (κ3) is 4.03. The van der Waals surface area contributed by atoms with Gasteiger partial charge < -0.3 is 14.8 Å². The molecule has 5 rings (SSSR count). The van der Waals surface area contributed by atoms with Crippen LogP contribution in [0.1, 0.15) is 27.8 Å². The van der Waals surface area contributed by atoms with E-state index >= 15 is 0 Å². The van der Waals surface area contributed by atoms with Gasteiger partial charge in [-0.25, -0.2) is 9.97 Å². The van der Waals surface area contributed by atoms with Gasteiger partial charge in [0.1, 0.15) is 5.82 Å². The zero-order valence-corrected chi connectivity index (χ0v) is 19.0. The van der Waals surface area contributed by atoms with Crippen molar-refractivity contribution in [1.29, 1.82) is 0 Å². The Bertz CT molecular complexity index is 1300. The van der Waals surface area contributed by atoms with Crippen molar-refractivity contribution in [3.63, 3.8) is 0 Å². The van der Waals surface area contributed by atoms with Gasteiger partial charge in [-0.15, -0.1) is 11.3 Å². The van der Waals surface area contributed by atoms with Crippen molar-refractivity contribution in [1.82, 2.24) is 29.7 Å². The van der Waals surface area contributed by atoms with Gasteiger partial charge in [0.25, 0.3) is 0 Å². The molecule has 0 saturated carbocycles. The molecule has 162 valence electrons. The second-order valence-electron chi connectivity index (χ2n) is 8.07. The zero-order chi connectivity index (χ0) is 22.1. The fourth-order valence-electron chi connectivity index (χ4n) is 4.00. The summed E-state index contributed by atoms with van der Waals surface area (Å²) in [7, 11) is 0. The molecule has 0 unspecified atom stereocenters. The van der Waals surface area contributed by atoms with E-state index in [1.165, 1.54) is 11.1 Å². The number of benzene rings is 1. The average Bonchev–Trinajstić information content (AvgIpc) is 3.41. The molecule has 0 spiro atoms. The molecular formula is C25H26N6S. The first-order valence-corrected chi connectivity index (χ1v) is 11.6. The molecule has 4 aromatic rings. The van der Waals surface area contributed by atoms with Crippen LogP contribution in [0.5, 0.6) is 0 Å². The predicted octanol–water partition coefficient (Wildman–Crippen LogP) is 4.53. The normalized spacial score (nSPS) is 13.4. The fourth-order valence-corrected chi connectivity index (χ4v) is 4.81. The van der Waals surface area contributed by atoms with Crippen LogP contribution in [0.25, 0.3) is 16.7 Å². The number of hydrogen-bond donors (Lipinski definition) is 1. The molecule has 0 aliphatic carbocycles. The van der Waals surface area contributed by atoms with Crippen molar-refractivity contribution in [3.8, 4) is 0 Å². The molecule has 0 atom stereocenters. The van der Waals surface area contributed by atoms with Crippen LogP contribution in [0.4, 0.5) is 0 Å². The Balaban J connectivity index is 1.19. The molecule has 4 heterocycles. The van der Waals surface area contributed by atoms with Crippen molar-refractivity contribution < 1.29 is 0 Å². The van der Waals surface area contributed by atoms with Gasteiger partial charge in [-0.1, -0.05) is 31.4 Å². The monoisotopic (exact) mass is 442 g/mol. The Morgan fingerprint density at radius 1 is 1.16 bits per heavy atom. The lowest BCUT2D eigenvalue weighted by Crippen LogP contribution is -2.33. The summed E-state index contributed by atoms with van der Waals surface area (Å²) in [4.78, 5) is 16.4. The molecule has 1 aliphatic heterocycles. The van der Waals surface area contributed by atoms with E-state index in [0.29, 0.717) is 6.54 Å². The topological polar surface area (TPSA) is 58.9 Å². The van der Waals surface area contributed by atoms with Crippen molar-refractivity contribution >= 4 is 28.1 Å². The molecule has 1 N–H and O–H groups in total. The van der Waals surface area contributed by atoms with Gasteiger partial charge in [0.2, 0.25) is 0 Å². The number of pyridine rings is 1. The van der Waals surface area contributed by atoms with E-state index in [0.717, 1.165) is 65.2 Å². The number of rotatable bonds is 7. The Kier molecular flexibility index (Phi) is 5.49. The second kappa shape index (κ2) is 8.59. The second-order valence-corrected chi connectivity index (χ2v) is 9.01. The van der Waals surface area contributed by atoms with Crippen molar-refractivity contribution in [2.75, 3.05) is 6.54 Å². The van der Waals surface area contributed by atoms with E-state index in [1.54, 1.807) is 11.3 Å². The largest absolute Gasteiger partial charge is 0.378 e. The summed E-state index contributed by atoms with van der Waals surface area (Å²) in [6.45, 7) is 13.6. The van der Waals surface area contributed by atoms with Crippen LogP contribution in [0.3, 0.4) is 0 Å². The maximum Gasteiger partial charge on any atom is 0.129 e. The van der Waals surface area contributed by atoms with Crippen molar-refractivity contribution in [2.45, 2.75) is 33.0 Å². The SMILES string of the molecule is C=C(NCc1ncccc1C)c1csc(CCN2Cc3nc4ccccc4n3CC2=C)n1. The third-order valence-electron chi connectivity index (χ3n) is 5.90. The number of nitrogens with one attached hydrogen (secondary N) is 1. The Hall–Kier alpha value is -3.45. The van der Waals surface area contributed by atoms with Crippen molar-refractivity contribution in [3.05, 3.63) is 94.6 Å². The highest BCUT2D eigenvalue weighted by molar-refractivity contribution is 7.09. The number of nitrogens with zero attached hydrogens (tertiary/aromatic N) is 5. The highest BCUT2D eigenvalue weighted by Gasteiger charge is 2.22. The van der Waals surface area contributed by atoms with E-state index in [1.807, 2.05) is 18.3 Å². The lowest BCUT2D eigenvalue weighted by molar-refractivity contribution is 0.286. The van der Waals surface area contributed by atoms with E-state index in [9.17, 15) is 0 Å². The number of fused-ring (bicyclic) bond motifs is 3. The molecule has 7 heteroatoms. The molecule has 0 saturated heterocycles. The summed E-state index contributed by atoms with van der Waals surface area (Å²) >= 11 is 1.68. The molecule has 0 bridgehead atoms. The number of allylic oxidation sites excluding steroid dienone is 1. The van der Waals surface area contributed by atoms with E-state index in [-0.39, 0.29) is 0 Å². The minimum Gasteiger partial charge on any atom is -0.378 e. The molecule has 0 fully saturated rings. The van der Waals surface area contributed by atoms with E-state index in [2.05, 4.69) is 69.5 Å². The zero-order valence-electron chi connectivity index (χ0n) is 18.2. The Morgan fingerprint density at radius 2 is 2.03 bits per heavy atom. The maximum absolute atomic E-state index is 4.81. The summed E-state index contributed by atoms with van der Waals surface area (Å²) in [6, 6.07) is 12.3. The van der Waals surface area contributed by atoms with Gasteiger partial charge in [-0.2, -0.15) is 0 Å². The first-order valence-electron chi connectivity index (χ1n) is 10.7. The molecular weight excluding hydrogens is 416 g/mol. The van der Waals surface area contributed by atoms with Crippen LogP contribution in [0, 0.1) is 6.92 Å². The summed E-state index contributed by atoms with van der Waals surface area (Å²) in [5, 5.41) is 6.53. The average molecular weight is 443 g/mol. The summed E-state index contributed by atoms with van der Waals surface area (Å²) in [5.41, 5.74) is 7.27. The minimum absolute atomic E-state index is 0.646. The molecule has 3 aromatic heterocycles. The molecule has 0 radical (unpaired) electrons. The van der Waals surface area contributed by atoms with Crippen molar-refractivity contribution in [2.24, 2.45) is 0 Å². The lowest BCUT2D eigenvalue weighted by atomic mass is 10.2. The van der Waals surface area contributed by atoms with Gasteiger partial charge in [-0.3, -0.25) is 4.98 Å². The van der Waals surface area contributed by atoms with Gasteiger partial charge in [0, 0.05) is 30.2 Å². The highest BCUT2D eigenvalue weighted by Crippen LogP contribution is 2.25. The Morgan fingerprint density at radius 3 is 2.91 bits per heavy atom. The number of hydrogen-bond acceptors (Lipinski definition) is 6.